The van der Waals surface area contributed by atoms with Crippen LogP contribution in [0.15, 0.2) is 30.3 Å². The van der Waals surface area contributed by atoms with Crippen LogP contribution in [0.2, 0.25) is 0 Å². The van der Waals surface area contributed by atoms with Gasteiger partial charge in [0.15, 0.2) is 0 Å². The molecule has 19 heavy (non-hydrogen) atoms. The van der Waals surface area contributed by atoms with Gasteiger partial charge < -0.3 is 5.32 Å². The molecule has 0 radical (unpaired) electrons. The molecule has 2 aromatic rings. The highest BCUT2D eigenvalue weighted by Crippen LogP contribution is 2.22. The van der Waals surface area contributed by atoms with E-state index in [2.05, 4.69) is 22.4 Å². The molecular formula is C16H18N2O. The number of hydrogen-bond donors (Lipinski definition) is 1. The van der Waals surface area contributed by atoms with Crippen molar-refractivity contribution < 1.29 is 4.79 Å². The Morgan fingerprint density at radius 2 is 1.68 bits per heavy atom. The molecule has 0 fully saturated rings. The van der Waals surface area contributed by atoms with Crippen LogP contribution in [0.1, 0.15) is 32.9 Å². The topological polar surface area (TPSA) is 42.0 Å². The summed E-state index contributed by atoms with van der Waals surface area (Å²) in [6.45, 7) is 7.92. The lowest BCUT2D eigenvalue weighted by Crippen LogP contribution is -2.15. The number of aromatic nitrogens is 1. The minimum Gasteiger partial charge on any atom is -0.320 e. The van der Waals surface area contributed by atoms with Crippen molar-refractivity contribution in [1.82, 2.24) is 4.98 Å². The van der Waals surface area contributed by atoms with E-state index in [-0.39, 0.29) is 5.91 Å². The summed E-state index contributed by atoms with van der Waals surface area (Å²) in [5, 5.41) is 2.95. The Bertz CT molecular complexity index is 609. The number of nitrogens with one attached hydrogen (secondary N) is 1. The summed E-state index contributed by atoms with van der Waals surface area (Å²) >= 11 is 0. The lowest BCUT2D eigenvalue weighted by molar-refractivity contribution is 0.102. The molecule has 0 bridgehead atoms. The van der Waals surface area contributed by atoms with Crippen molar-refractivity contribution in [2.24, 2.45) is 0 Å². The number of pyridine rings is 1. The Labute approximate surface area is 113 Å². The SMILES string of the molecule is Cc1cc(C)c(NC(=O)c2cccc(C)n2)c(C)c1. The van der Waals surface area contributed by atoms with Crippen LogP contribution in [-0.4, -0.2) is 10.9 Å². The van der Waals surface area contributed by atoms with Gasteiger partial charge in [-0.2, -0.15) is 0 Å². The quantitative estimate of drug-likeness (QED) is 0.890. The van der Waals surface area contributed by atoms with Crippen LogP contribution >= 0.6 is 0 Å². The van der Waals surface area contributed by atoms with Gasteiger partial charge in [0.05, 0.1) is 0 Å². The number of benzene rings is 1. The molecule has 1 aromatic heterocycles. The summed E-state index contributed by atoms with van der Waals surface area (Å²) in [5.41, 5.74) is 5.49. The van der Waals surface area contributed by atoms with Crippen molar-refractivity contribution in [3.63, 3.8) is 0 Å². The van der Waals surface area contributed by atoms with Gasteiger partial charge in [-0.15, -0.1) is 0 Å². The van der Waals surface area contributed by atoms with Crippen molar-refractivity contribution in [3.8, 4) is 0 Å². The highest BCUT2D eigenvalue weighted by atomic mass is 16.1. The first-order chi connectivity index (χ1) is 8.97. The average Bonchev–Trinajstić information content (AvgIpc) is 2.33. The first-order valence-electron chi connectivity index (χ1n) is 6.30. The molecule has 0 saturated carbocycles. The molecule has 1 amide bonds. The van der Waals surface area contributed by atoms with E-state index in [1.165, 1.54) is 5.56 Å². The molecule has 0 unspecified atom stereocenters. The average molecular weight is 254 g/mol. The molecule has 0 atom stereocenters. The number of carbonyl (C=O) groups excluding carboxylic acids is 1. The summed E-state index contributed by atoms with van der Waals surface area (Å²) in [7, 11) is 0. The Morgan fingerprint density at radius 3 is 2.26 bits per heavy atom. The molecule has 2 rings (SSSR count). The van der Waals surface area contributed by atoms with Crippen molar-refractivity contribution in [2.75, 3.05) is 5.32 Å². The Kier molecular flexibility index (Phi) is 3.65. The monoisotopic (exact) mass is 254 g/mol. The van der Waals surface area contributed by atoms with E-state index in [1.807, 2.05) is 39.8 Å². The van der Waals surface area contributed by atoms with Crippen LogP contribution in [0.3, 0.4) is 0 Å². The fourth-order valence-corrected chi connectivity index (χ4v) is 2.22. The smallest absolute Gasteiger partial charge is 0.274 e. The van der Waals surface area contributed by atoms with Crippen LogP contribution in [-0.2, 0) is 0 Å². The summed E-state index contributed by atoms with van der Waals surface area (Å²) in [5.74, 6) is -0.168. The van der Waals surface area contributed by atoms with Gasteiger partial charge in [-0.3, -0.25) is 4.79 Å². The zero-order valence-electron chi connectivity index (χ0n) is 11.7. The lowest BCUT2D eigenvalue weighted by atomic mass is 10.0. The van der Waals surface area contributed by atoms with E-state index < -0.39 is 0 Å². The molecule has 0 aliphatic carbocycles. The summed E-state index contributed by atoms with van der Waals surface area (Å²) in [6, 6.07) is 9.56. The van der Waals surface area contributed by atoms with Crippen molar-refractivity contribution in [1.29, 1.82) is 0 Å². The normalized spacial score (nSPS) is 10.3. The summed E-state index contributed by atoms with van der Waals surface area (Å²) in [4.78, 5) is 16.4. The number of carbonyl (C=O) groups is 1. The van der Waals surface area contributed by atoms with Crippen LogP contribution in [0.5, 0.6) is 0 Å². The first kappa shape index (κ1) is 13.3. The Hall–Kier alpha value is -2.16. The number of amides is 1. The molecule has 0 aliphatic rings. The summed E-state index contributed by atoms with van der Waals surface area (Å²) in [6.07, 6.45) is 0. The highest BCUT2D eigenvalue weighted by Gasteiger charge is 2.11. The minimum absolute atomic E-state index is 0.168. The van der Waals surface area contributed by atoms with Crippen molar-refractivity contribution >= 4 is 11.6 Å². The van der Waals surface area contributed by atoms with Crippen LogP contribution in [0, 0.1) is 27.7 Å². The molecule has 3 nitrogen and oxygen atoms in total. The maximum Gasteiger partial charge on any atom is 0.274 e. The molecule has 1 aromatic carbocycles. The van der Waals surface area contributed by atoms with Gasteiger partial charge in [-0.25, -0.2) is 4.98 Å². The van der Waals surface area contributed by atoms with Crippen LogP contribution in [0.25, 0.3) is 0 Å². The fourth-order valence-electron chi connectivity index (χ4n) is 2.22. The molecule has 0 saturated heterocycles. The molecular weight excluding hydrogens is 236 g/mol. The van der Waals surface area contributed by atoms with E-state index in [0.29, 0.717) is 5.69 Å². The predicted octanol–water partition coefficient (Wildman–Crippen LogP) is 3.57. The van der Waals surface area contributed by atoms with Gasteiger partial charge in [-0.1, -0.05) is 23.8 Å². The second-order valence-corrected chi connectivity index (χ2v) is 4.89. The molecule has 0 spiro atoms. The largest absolute Gasteiger partial charge is 0.320 e. The highest BCUT2D eigenvalue weighted by molar-refractivity contribution is 6.03. The third-order valence-corrected chi connectivity index (χ3v) is 3.04. The third kappa shape index (κ3) is 2.99. The molecule has 0 aliphatic heterocycles. The maximum atomic E-state index is 12.2. The molecule has 1 heterocycles. The lowest BCUT2D eigenvalue weighted by Gasteiger charge is -2.12. The van der Waals surface area contributed by atoms with E-state index in [0.717, 1.165) is 22.5 Å². The number of aryl methyl sites for hydroxylation is 4. The van der Waals surface area contributed by atoms with Crippen molar-refractivity contribution in [2.45, 2.75) is 27.7 Å². The second-order valence-electron chi connectivity index (χ2n) is 4.89. The van der Waals surface area contributed by atoms with Crippen LogP contribution < -0.4 is 5.32 Å². The van der Waals surface area contributed by atoms with Gasteiger partial charge in [0.1, 0.15) is 5.69 Å². The van der Waals surface area contributed by atoms with Crippen molar-refractivity contribution in [3.05, 3.63) is 58.4 Å². The third-order valence-electron chi connectivity index (χ3n) is 3.04. The molecule has 3 heteroatoms. The maximum absolute atomic E-state index is 12.2. The second kappa shape index (κ2) is 5.22. The predicted molar refractivity (Wildman–Crippen MR) is 77.6 cm³/mol. The van der Waals surface area contributed by atoms with Crippen LogP contribution in [0.4, 0.5) is 5.69 Å². The van der Waals surface area contributed by atoms with Gasteiger partial charge in [0.2, 0.25) is 0 Å². The van der Waals surface area contributed by atoms with Gasteiger partial charge in [0.25, 0.3) is 5.91 Å². The summed E-state index contributed by atoms with van der Waals surface area (Å²) < 4.78 is 0. The number of rotatable bonds is 2. The zero-order valence-corrected chi connectivity index (χ0v) is 11.7. The zero-order chi connectivity index (χ0) is 14.0. The van der Waals surface area contributed by atoms with Gasteiger partial charge in [0, 0.05) is 11.4 Å². The van der Waals surface area contributed by atoms with E-state index in [9.17, 15) is 4.79 Å². The fraction of sp³-hybridized carbons (Fsp3) is 0.250. The van der Waals surface area contributed by atoms with Gasteiger partial charge >= 0.3 is 0 Å². The number of anilines is 1. The number of nitrogens with zero attached hydrogens (tertiary/aromatic N) is 1. The minimum atomic E-state index is -0.168. The number of hydrogen-bond acceptors (Lipinski definition) is 2. The molecule has 1 N–H and O–H groups in total. The van der Waals surface area contributed by atoms with E-state index in [1.54, 1.807) is 6.07 Å². The Morgan fingerprint density at radius 1 is 1.05 bits per heavy atom. The first-order valence-corrected chi connectivity index (χ1v) is 6.30. The molecule has 98 valence electrons. The standard InChI is InChI=1S/C16H18N2O/c1-10-8-11(2)15(12(3)9-10)18-16(19)14-7-5-6-13(4)17-14/h5-9H,1-4H3,(H,18,19). The van der Waals surface area contributed by atoms with E-state index in [4.69, 9.17) is 0 Å². The van der Waals surface area contributed by atoms with Gasteiger partial charge in [-0.05, 0) is 51.0 Å². The van der Waals surface area contributed by atoms with E-state index >= 15 is 0 Å². The Balaban J connectivity index is 2.29.